The molecule has 2 aromatic heterocycles. The summed E-state index contributed by atoms with van der Waals surface area (Å²) < 4.78 is 1.43. The van der Waals surface area contributed by atoms with Crippen LogP contribution in [0.25, 0.3) is 5.95 Å². The van der Waals surface area contributed by atoms with E-state index in [0.29, 0.717) is 11.9 Å². The monoisotopic (exact) mass is 267 g/mol. The maximum atomic E-state index is 5.32. The Morgan fingerprint density at radius 2 is 2.17 bits per heavy atom. The van der Waals surface area contributed by atoms with Crippen molar-refractivity contribution >= 4 is 23.7 Å². The zero-order chi connectivity index (χ0) is 12.8. The van der Waals surface area contributed by atoms with Gasteiger partial charge in [0.15, 0.2) is 0 Å². The van der Waals surface area contributed by atoms with Gasteiger partial charge in [-0.2, -0.15) is 36.5 Å². The van der Waals surface area contributed by atoms with E-state index in [1.807, 2.05) is 6.26 Å². The lowest BCUT2D eigenvalue weighted by atomic mass is 10.7. The van der Waals surface area contributed by atoms with E-state index in [2.05, 4.69) is 35.8 Å². The van der Waals surface area contributed by atoms with E-state index in [4.69, 9.17) is 5.84 Å². The molecule has 0 aliphatic rings. The molecule has 18 heavy (non-hydrogen) atoms. The highest BCUT2D eigenvalue weighted by molar-refractivity contribution is 7.98. The molecule has 0 unspecified atom stereocenters. The average molecular weight is 267 g/mol. The van der Waals surface area contributed by atoms with Gasteiger partial charge in [-0.1, -0.05) is 0 Å². The van der Waals surface area contributed by atoms with Crippen molar-refractivity contribution in [2.45, 2.75) is 0 Å². The molecule has 0 saturated heterocycles. The average Bonchev–Trinajstić information content (AvgIpc) is 2.92. The van der Waals surface area contributed by atoms with Gasteiger partial charge in [-0.3, -0.25) is 5.43 Å². The Kier molecular flexibility index (Phi) is 4.25. The van der Waals surface area contributed by atoms with Crippen molar-refractivity contribution in [2.75, 3.05) is 29.3 Å². The number of hydrogen-bond donors (Lipinski definition) is 3. The molecule has 0 aliphatic heterocycles. The maximum Gasteiger partial charge on any atom is 0.258 e. The van der Waals surface area contributed by atoms with E-state index in [0.717, 1.165) is 12.3 Å². The second-order valence-electron chi connectivity index (χ2n) is 3.19. The Hall–Kier alpha value is -1.94. The zero-order valence-corrected chi connectivity index (χ0v) is 10.6. The molecule has 0 fully saturated rings. The van der Waals surface area contributed by atoms with E-state index in [1.54, 1.807) is 11.8 Å². The van der Waals surface area contributed by atoms with Gasteiger partial charge in [0.2, 0.25) is 11.9 Å². The van der Waals surface area contributed by atoms with Crippen molar-refractivity contribution in [3.05, 3.63) is 12.7 Å². The number of hydrogen-bond acceptors (Lipinski definition) is 9. The normalized spacial score (nSPS) is 10.3. The molecule has 0 aliphatic carbocycles. The fourth-order valence-electron chi connectivity index (χ4n) is 1.19. The number of anilines is 2. The second kappa shape index (κ2) is 6.12. The Balaban J connectivity index is 2.22. The Labute approximate surface area is 108 Å². The Bertz CT molecular complexity index is 485. The third-order valence-corrected chi connectivity index (χ3v) is 2.58. The van der Waals surface area contributed by atoms with E-state index < -0.39 is 0 Å². The zero-order valence-electron chi connectivity index (χ0n) is 9.74. The Morgan fingerprint density at radius 1 is 1.33 bits per heavy atom. The molecule has 9 nitrogen and oxygen atoms in total. The highest BCUT2D eigenvalue weighted by atomic mass is 32.2. The summed E-state index contributed by atoms with van der Waals surface area (Å²) in [6.07, 6.45) is 4.93. The molecule has 0 atom stereocenters. The summed E-state index contributed by atoms with van der Waals surface area (Å²) in [7, 11) is 0. The van der Waals surface area contributed by atoms with Gasteiger partial charge < -0.3 is 5.32 Å². The van der Waals surface area contributed by atoms with Crippen LogP contribution in [0.15, 0.2) is 12.7 Å². The molecule has 2 rings (SSSR count). The molecule has 0 radical (unpaired) electrons. The van der Waals surface area contributed by atoms with Crippen LogP contribution < -0.4 is 16.6 Å². The minimum absolute atomic E-state index is 0.266. The van der Waals surface area contributed by atoms with Crippen LogP contribution in [-0.4, -0.2) is 48.3 Å². The van der Waals surface area contributed by atoms with Crippen LogP contribution in [0.2, 0.25) is 0 Å². The van der Waals surface area contributed by atoms with Crippen molar-refractivity contribution in [3.8, 4) is 5.95 Å². The lowest BCUT2D eigenvalue weighted by Gasteiger charge is -2.07. The van der Waals surface area contributed by atoms with Crippen LogP contribution >= 0.6 is 11.8 Å². The van der Waals surface area contributed by atoms with Gasteiger partial charge in [0.05, 0.1) is 0 Å². The highest BCUT2D eigenvalue weighted by Crippen LogP contribution is 2.07. The van der Waals surface area contributed by atoms with Crippen molar-refractivity contribution < 1.29 is 0 Å². The largest absolute Gasteiger partial charge is 0.353 e. The van der Waals surface area contributed by atoms with Crippen molar-refractivity contribution in [2.24, 2.45) is 5.84 Å². The minimum atomic E-state index is 0.266. The minimum Gasteiger partial charge on any atom is -0.353 e. The number of nitrogens with one attached hydrogen (secondary N) is 2. The van der Waals surface area contributed by atoms with Crippen LogP contribution in [0.1, 0.15) is 0 Å². The molecule has 0 amide bonds. The quantitative estimate of drug-likeness (QED) is 0.362. The first-order valence-corrected chi connectivity index (χ1v) is 6.53. The van der Waals surface area contributed by atoms with E-state index in [-0.39, 0.29) is 5.95 Å². The Morgan fingerprint density at radius 3 is 2.83 bits per heavy atom. The number of nitrogens with two attached hydrogens (primary N) is 1. The number of hydrazine groups is 1. The summed E-state index contributed by atoms with van der Waals surface area (Å²) in [6.45, 7) is 0.756. The molecular weight excluding hydrogens is 254 g/mol. The van der Waals surface area contributed by atoms with Gasteiger partial charge in [-0.05, 0) is 6.26 Å². The van der Waals surface area contributed by atoms with E-state index >= 15 is 0 Å². The topological polar surface area (TPSA) is 119 Å². The van der Waals surface area contributed by atoms with Gasteiger partial charge >= 0.3 is 0 Å². The first kappa shape index (κ1) is 12.5. The van der Waals surface area contributed by atoms with E-state index in [1.165, 1.54) is 17.3 Å². The molecule has 0 bridgehead atoms. The molecule has 10 heteroatoms. The summed E-state index contributed by atoms with van der Waals surface area (Å²) in [5.41, 5.74) is 2.39. The fraction of sp³-hybridized carbons (Fsp3) is 0.375. The van der Waals surface area contributed by atoms with Gasteiger partial charge in [-0.15, -0.1) is 0 Å². The molecule has 0 saturated carbocycles. The molecule has 0 aromatic carbocycles. The second-order valence-corrected chi connectivity index (χ2v) is 4.17. The van der Waals surface area contributed by atoms with Gasteiger partial charge in [-0.25, -0.2) is 10.8 Å². The summed E-state index contributed by atoms with van der Waals surface area (Å²) in [5.74, 6) is 7.33. The van der Waals surface area contributed by atoms with Crippen molar-refractivity contribution in [1.82, 2.24) is 29.7 Å². The summed E-state index contributed by atoms with van der Waals surface area (Å²) in [4.78, 5) is 16.2. The van der Waals surface area contributed by atoms with Gasteiger partial charge in [0, 0.05) is 12.3 Å². The predicted octanol–water partition coefficient (Wildman–Crippen LogP) is -0.487. The molecule has 0 spiro atoms. The number of aromatic nitrogens is 6. The standard InChI is InChI=1S/C8H13N9S/c1-18-3-2-11-6-13-7(16-9)15-8(14-6)17-5-10-4-12-17/h4-5H,2-3,9H2,1H3,(H2,11,13,14,15,16). The molecule has 2 heterocycles. The fourth-order valence-corrected chi connectivity index (χ4v) is 1.49. The van der Waals surface area contributed by atoms with Gasteiger partial charge in [0.1, 0.15) is 12.7 Å². The third-order valence-electron chi connectivity index (χ3n) is 1.97. The van der Waals surface area contributed by atoms with Crippen LogP contribution in [0, 0.1) is 0 Å². The van der Waals surface area contributed by atoms with Gasteiger partial charge in [0.25, 0.3) is 5.95 Å². The molecule has 96 valence electrons. The maximum absolute atomic E-state index is 5.32. The summed E-state index contributed by atoms with van der Waals surface area (Å²) >= 11 is 1.73. The van der Waals surface area contributed by atoms with Crippen LogP contribution in [0.3, 0.4) is 0 Å². The summed E-state index contributed by atoms with van der Waals surface area (Å²) in [5, 5.41) is 7.03. The van der Waals surface area contributed by atoms with Crippen LogP contribution in [0.4, 0.5) is 11.9 Å². The smallest absolute Gasteiger partial charge is 0.258 e. The predicted molar refractivity (Wildman–Crippen MR) is 69.4 cm³/mol. The first-order valence-electron chi connectivity index (χ1n) is 5.14. The molecule has 2 aromatic rings. The lowest BCUT2D eigenvalue weighted by Crippen LogP contribution is -2.16. The first-order chi connectivity index (χ1) is 8.83. The number of rotatable bonds is 6. The van der Waals surface area contributed by atoms with Crippen molar-refractivity contribution in [3.63, 3.8) is 0 Å². The highest BCUT2D eigenvalue weighted by Gasteiger charge is 2.07. The lowest BCUT2D eigenvalue weighted by molar-refractivity contribution is 0.795. The van der Waals surface area contributed by atoms with Crippen LogP contribution in [0.5, 0.6) is 0 Å². The SMILES string of the molecule is CSCCNc1nc(NN)nc(-n2cncn2)n1. The van der Waals surface area contributed by atoms with Crippen LogP contribution in [-0.2, 0) is 0 Å². The number of nitrogens with zero attached hydrogens (tertiary/aromatic N) is 6. The molecule has 4 N–H and O–H groups in total. The van der Waals surface area contributed by atoms with E-state index in [9.17, 15) is 0 Å². The summed E-state index contributed by atoms with van der Waals surface area (Å²) in [6, 6.07) is 0. The number of nitrogen functional groups attached to an aromatic ring is 1. The van der Waals surface area contributed by atoms with Crippen molar-refractivity contribution in [1.29, 1.82) is 0 Å². The number of thioether (sulfide) groups is 1. The third kappa shape index (κ3) is 3.05. The molecular formula is C8H13N9S.